The molecule has 1 rings (SSSR count). The fraction of sp³-hybridized carbons (Fsp3) is 0.643. The van der Waals surface area contributed by atoms with E-state index in [1.807, 2.05) is 18.3 Å². The van der Waals surface area contributed by atoms with Gasteiger partial charge in [-0.3, -0.25) is 0 Å². The zero-order chi connectivity index (χ0) is 12.7. The highest BCUT2D eigenvalue weighted by Gasteiger charge is 2.05. The third-order valence-corrected chi connectivity index (χ3v) is 2.52. The van der Waals surface area contributed by atoms with Crippen LogP contribution in [0.3, 0.4) is 0 Å². The van der Waals surface area contributed by atoms with Gasteiger partial charge in [0.15, 0.2) is 0 Å². The fourth-order valence-electron chi connectivity index (χ4n) is 1.81. The Balaban J connectivity index is 2.43. The summed E-state index contributed by atoms with van der Waals surface area (Å²) in [5.41, 5.74) is 1.17. The first-order valence-corrected chi connectivity index (χ1v) is 6.42. The van der Waals surface area contributed by atoms with Crippen LogP contribution >= 0.6 is 0 Å². The van der Waals surface area contributed by atoms with Crippen LogP contribution in [0.1, 0.15) is 39.7 Å². The third kappa shape index (κ3) is 5.68. The Bertz CT molecular complexity index is 326. The van der Waals surface area contributed by atoms with E-state index >= 15 is 0 Å². The van der Waals surface area contributed by atoms with Crippen molar-refractivity contribution in [1.82, 2.24) is 4.98 Å². The smallest absolute Gasteiger partial charge is 0.126 e. The molecule has 0 aliphatic carbocycles. The predicted molar refractivity (Wildman–Crippen MR) is 72.1 cm³/mol. The van der Waals surface area contributed by atoms with Crippen LogP contribution in [-0.2, 0) is 11.3 Å². The van der Waals surface area contributed by atoms with Gasteiger partial charge in [-0.25, -0.2) is 4.98 Å². The first-order chi connectivity index (χ1) is 8.11. The van der Waals surface area contributed by atoms with Gasteiger partial charge in [0.2, 0.25) is 0 Å². The van der Waals surface area contributed by atoms with E-state index in [0.717, 1.165) is 18.8 Å². The molecule has 96 valence electrons. The van der Waals surface area contributed by atoms with Crippen molar-refractivity contribution in [3.05, 3.63) is 23.9 Å². The van der Waals surface area contributed by atoms with Crippen LogP contribution in [0.25, 0.3) is 0 Å². The molecule has 3 heteroatoms. The summed E-state index contributed by atoms with van der Waals surface area (Å²) in [7, 11) is 0. The second-order valence-electron chi connectivity index (χ2n) is 4.83. The van der Waals surface area contributed by atoms with Crippen molar-refractivity contribution < 1.29 is 4.74 Å². The predicted octanol–water partition coefficient (Wildman–Crippen LogP) is 3.46. The zero-order valence-electron chi connectivity index (χ0n) is 11.4. The number of aromatic nitrogens is 1. The molecule has 1 atom stereocenters. The minimum atomic E-state index is 0.311. The average molecular weight is 236 g/mol. The molecule has 3 nitrogen and oxygen atoms in total. The maximum atomic E-state index is 5.82. The van der Waals surface area contributed by atoms with Crippen molar-refractivity contribution >= 4 is 5.82 Å². The third-order valence-electron chi connectivity index (χ3n) is 2.52. The Labute approximate surface area is 105 Å². The molecule has 1 heterocycles. The molecule has 0 saturated heterocycles. The lowest BCUT2D eigenvalue weighted by Gasteiger charge is -2.15. The van der Waals surface area contributed by atoms with E-state index in [1.54, 1.807) is 0 Å². The van der Waals surface area contributed by atoms with Gasteiger partial charge in [0.1, 0.15) is 5.82 Å². The molecule has 0 spiro atoms. The van der Waals surface area contributed by atoms with Crippen molar-refractivity contribution in [2.45, 2.75) is 46.8 Å². The van der Waals surface area contributed by atoms with Crippen molar-refractivity contribution in [2.24, 2.45) is 5.92 Å². The minimum absolute atomic E-state index is 0.311. The Morgan fingerprint density at radius 1 is 1.35 bits per heavy atom. The molecule has 0 saturated carbocycles. The Morgan fingerprint density at radius 3 is 2.76 bits per heavy atom. The molecule has 0 aliphatic rings. The quantitative estimate of drug-likeness (QED) is 0.787. The van der Waals surface area contributed by atoms with E-state index in [2.05, 4.69) is 38.0 Å². The summed E-state index contributed by atoms with van der Waals surface area (Å²) >= 11 is 0. The maximum Gasteiger partial charge on any atom is 0.126 e. The maximum absolute atomic E-state index is 5.82. The molecule has 1 unspecified atom stereocenters. The fourth-order valence-corrected chi connectivity index (χ4v) is 1.81. The van der Waals surface area contributed by atoms with Crippen LogP contribution in [0, 0.1) is 5.92 Å². The van der Waals surface area contributed by atoms with Crippen molar-refractivity contribution in [3.63, 3.8) is 0 Å². The first kappa shape index (κ1) is 14.0. The molecule has 0 amide bonds. The van der Waals surface area contributed by atoms with Crippen LogP contribution in [0.4, 0.5) is 5.82 Å². The van der Waals surface area contributed by atoms with Gasteiger partial charge < -0.3 is 10.1 Å². The highest BCUT2D eigenvalue weighted by Crippen LogP contribution is 2.12. The lowest BCUT2D eigenvalue weighted by Crippen LogP contribution is -2.11. The number of hydrogen-bond acceptors (Lipinski definition) is 3. The summed E-state index contributed by atoms with van der Waals surface area (Å²) in [6, 6.07) is 4.05. The summed E-state index contributed by atoms with van der Waals surface area (Å²) in [6.07, 6.45) is 3.24. The van der Waals surface area contributed by atoms with E-state index in [0.29, 0.717) is 18.6 Å². The number of nitrogens with zero attached hydrogens (tertiary/aromatic N) is 1. The van der Waals surface area contributed by atoms with Gasteiger partial charge in [-0.15, -0.1) is 0 Å². The van der Waals surface area contributed by atoms with Gasteiger partial charge in [-0.1, -0.05) is 13.8 Å². The van der Waals surface area contributed by atoms with Crippen molar-refractivity contribution in [2.75, 3.05) is 11.9 Å². The monoisotopic (exact) mass is 236 g/mol. The summed E-state index contributed by atoms with van der Waals surface area (Å²) in [5.74, 6) is 1.60. The number of anilines is 1. The number of hydrogen-bond donors (Lipinski definition) is 1. The van der Waals surface area contributed by atoms with Gasteiger partial charge in [-0.05, 0) is 43.9 Å². The van der Waals surface area contributed by atoms with E-state index in [4.69, 9.17) is 4.74 Å². The molecule has 0 aromatic carbocycles. The highest BCUT2D eigenvalue weighted by molar-refractivity contribution is 5.36. The second-order valence-corrected chi connectivity index (χ2v) is 4.83. The van der Waals surface area contributed by atoms with Gasteiger partial charge in [0.05, 0.1) is 12.7 Å². The minimum Gasteiger partial charge on any atom is -0.374 e. The van der Waals surface area contributed by atoms with Gasteiger partial charge >= 0.3 is 0 Å². The van der Waals surface area contributed by atoms with Crippen molar-refractivity contribution in [3.8, 4) is 0 Å². The van der Waals surface area contributed by atoms with E-state index in [9.17, 15) is 0 Å². The molecule has 0 aliphatic heterocycles. The second kappa shape index (κ2) is 7.28. The largest absolute Gasteiger partial charge is 0.374 e. The topological polar surface area (TPSA) is 34.1 Å². The van der Waals surface area contributed by atoms with E-state index < -0.39 is 0 Å². The van der Waals surface area contributed by atoms with E-state index in [-0.39, 0.29) is 0 Å². The average Bonchev–Trinajstić information content (AvgIpc) is 2.26. The highest BCUT2D eigenvalue weighted by atomic mass is 16.5. The lowest BCUT2D eigenvalue weighted by molar-refractivity contribution is 0.0397. The number of ether oxygens (including phenoxy) is 1. The first-order valence-electron chi connectivity index (χ1n) is 6.42. The normalized spacial score (nSPS) is 12.8. The molecular formula is C14H24N2O. The van der Waals surface area contributed by atoms with Crippen LogP contribution in [0.15, 0.2) is 18.3 Å². The molecule has 0 bridgehead atoms. The Kier molecular flexibility index (Phi) is 5.98. The zero-order valence-corrected chi connectivity index (χ0v) is 11.4. The standard InChI is InChI=1S/C14H24N2O/c1-5-15-14-9-13(6-7-16-14)10-17-12(4)8-11(2)3/h6-7,9,11-12H,5,8,10H2,1-4H3,(H,15,16). The Hall–Kier alpha value is -1.09. The number of rotatable bonds is 7. The van der Waals surface area contributed by atoms with Gasteiger partial charge in [0.25, 0.3) is 0 Å². The molecule has 1 aromatic rings. The SMILES string of the molecule is CCNc1cc(COC(C)CC(C)C)ccn1. The van der Waals surface area contributed by atoms with Gasteiger partial charge in [-0.2, -0.15) is 0 Å². The summed E-state index contributed by atoms with van der Waals surface area (Å²) < 4.78 is 5.82. The van der Waals surface area contributed by atoms with Crippen molar-refractivity contribution in [1.29, 1.82) is 0 Å². The summed E-state index contributed by atoms with van der Waals surface area (Å²) in [6.45, 7) is 10.2. The van der Waals surface area contributed by atoms with Crippen LogP contribution in [0.5, 0.6) is 0 Å². The Morgan fingerprint density at radius 2 is 2.12 bits per heavy atom. The van der Waals surface area contributed by atoms with Crippen LogP contribution in [-0.4, -0.2) is 17.6 Å². The summed E-state index contributed by atoms with van der Waals surface area (Å²) in [4.78, 5) is 4.24. The summed E-state index contributed by atoms with van der Waals surface area (Å²) in [5, 5.41) is 3.20. The molecule has 1 N–H and O–H groups in total. The van der Waals surface area contributed by atoms with E-state index in [1.165, 1.54) is 5.56 Å². The molecule has 0 radical (unpaired) electrons. The lowest BCUT2D eigenvalue weighted by atomic mass is 10.1. The molecule has 17 heavy (non-hydrogen) atoms. The molecular weight excluding hydrogens is 212 g/mol. The number of nitrogens with one attached hydrogen (secondary N) is 1. The van der Waals surface area contributed by atoms with Crippen LogP contribution in [0.2, 0.25) is 0 Å². The molecule has 0 fully saturated rings. The van der Waals surface area contributed by atoms with Gasteiger partial charge in [0, 0.05) is 12.7 Å². The number of pyridine rings is 1. The molecule has 1 aromatic heterocycles. The van der Waals surface area contributed by atoms with Crippen LogP contribution < -0.4 is 5.32 Å².